The number of thioether (sulfide) groups is 1. The molecule has 2 heterocycles. The van der Waals surface area contributed by atoms with Gasteiger partial charge in [-0.25, -0.2) is 0 Å². The van der Waals surface area contributed by atoms with Crippen LogP contribution in [0.4, 0.5) is 0 Å². The molecule has 0 saturated carbocycles. The van der Waals surface area contributed by atoms with Crippen LogP contribution in [-0.2, 0) is 20.9 Å². The molecule has 1 N–H and O–H groups in total. The number of ether oxygens (including phenoxy) is 1. The number of carbonyl (C=O) groups is 2. The third kappa shape index (κ3) is 4.72. The second-order valence-corrected chi connectivity index (χ2v) is 5.50. The molecule has 0 aliphatic carbocycles. The fraction of sp³-hybridized carbons (Fsp3) is 0.333. The summed E-state index contributed by atoms with van der Waals surface area (Å²) in [6.07, 6.45) is 3.26. The highest BCUT2D eigenvalue weighted by atomic mass is 32.2. The van der Waals surface area contributed by atoms with E-state index in [0.717, 1.165) is 0 Å². The van der Waals surface area contributed by atoms with Crippen LogP contribution in [0, 0.1) is 0 Å². The van der Waals surface area contributed by atoms with Gasteiger partial charge in [0.25, 0.3) is 0 Å². The largest absolute Gasteiger partial charge is 0.465 e. The number of amides is 1. The summed E-state index contributed by atoms with van der Waals surface area (Å²) in [6, 6.07) is 3.54. The monoisotopic (exact) mass is 350 g/mol. The van der Waals surface area contributed by atoms with Gasteiger partial charge in [-0.15, -0.1) is 16.8 Å². The first-order valence-corrected chi connectivity index (χ1v) is 8.27. The Hall–Kier alpha value is -2.55. The van der Waals surface area contributed by atoms with Gasteiger partial charge < -0.3 is 14.5 Å². The van der Waals surface area contributed by atoms with E-state index in [-0.39, 0.29) is 24.8 Å². The van der Waals surface area contributed by atoms with E-state index in [2.05, 4.69) is 22.1 Å². The second-order valence-electron chi connectivity index (χ2n) is 4.55. The van der Waals surface area contributed by atoms with Crippen LogP contribution in [0.3, 0.4) is 0 Å². The smallest absolute Gasteiger partial charge is 0.325 e. The fourth-order valence-electron chi connectivity index (χ4n) is 1.84. The Bertz CT molecular complexity index is 696. The zero-order valence-electron chi connectivity index (χ0n) is 13.2. The van der Waals surface area contributed by atoms with Gasteiger partial charge in [-0.05, 0) is 19.1 Å². The molecule has 1 amide bonds. The Kier molecular flexibility index (Phi) is 6.62. The van der Waals surface area contributed by atoms with E-state index in [4.69, 9.17) is 9.15 Å². The molecule has 2 rings (SSSR count). The van der Waals surface area contributed by atoms with Crippen LogP contribution in [0.2, 0.25) is 0 Å². The first kappa shape index (κ1) is 17.8. The van der Waals surface area contributed by atoms with Crippen LogP contribution in [0.25, 0.3) is 11.6 Å². The molecule has 0 fully saturated rings. The van der Waals surface area contributed by atoms with E-state index in [0.29, 0.717) is 23.3 Å². The Morgan fingerprint density at radius 2 is 2.33 bits per heavy atom. The van der Waals surface area contributed by atoms with Crippen molar-refractivity contribution >= 4 is 23.6 Å². The molecule has 9 heteroatoms. The molecule has 0 aromatic carbocycles. The van der Waals surface area contributed by atoms with Gasteiger partial charge in [0.1, 0.15) is 6.54 Å². The predicted octanol–water partition coefficient (Wildman–Crippen LogP) is 1.50. The van der Waals surface area contributed by atoms with Crippen molar-refractivity contribution in [2.45, 2.75) is 18.6 Å². The molecule has 8 nitrogen and oxygen atoms in total. The van der Waals surface area contributed by atoms with Crippen LogP contribution in [0.5, 0.6) is 0 Å². The van der Waals surface area contributed by atoms with Crippen LogP contribution >= 0.6 is 11.8 Å². The Labute approximate surface area is 143 Å². The summed E-state index contributed by atoms with van der Waals surface area (Å²) < 4.78 is 11.9. The highest BCUT2D eigenvalue weighted by Crippen LogP contribution is 2.24. The maximum absolute atomic E-state index is 11.8. The van der Waals surface area contributed by atoms with Crippen LogP contribution in [0.15, 0.2) is 40.6 Å². The predicted molar refractivity (Wildman–Crippen MR) is 88.3 cm³/mol. The summed E-state index contributed by atoms with van der Waals surface area (Å²) in [7, 11) is 0. The lowest BCUT2D eigenvalue weighted by atomic mass is 10.4. The van der Waals surface area contributed by atoms with E-state index in [1.807, 2.05) is 0 Å². The molecule has 0 spiro atoms. The SMILES string of the molecule is C=CCn1c(SCC(=O)NCC(=O)OCC)nnc1-c1ccco1. The number of hydrogen-bond donors (Lipinski definition) is 1. The summed E-state index contributed by atoms with van der Waals surface area (Å²) in [5.41, 5.74) is 0. The highest BCUT2D eigenvalue weighted by molar-refractivity contribution is 7.99. The minimum absolute atomic E-state index is 0.104. The molecule has 2 aromatic rings. The van der Waals surface area contributed by atoms with Crippen molar-refractivity contribution in [2.75, 3.05) is 18.9 Å². The summed E-state index contributed by atoms with van der Waals surface area (Å²) in [6.45, 7) is 6.04. The van der Waals surface area contributed by atoms with E-state index < -0.39 is 5.97 Å². The molecular formula is C15H18N4O4S. The molecule has 0 unspecified atom stereocenters. The minimum Gasteiger partial charge on any atom is -0.465 e. The first-order chi connectivity index (χ1) is 11.7. The molecule has 24 heavy (non-hydrogen) atoms. The number of aromatic nitrogens is 3. The van der Waals surface area contributed by atoms with Crippen LogP contribution in [-0.4, -0.2) is 45.5 Å². The average molecular weight is 350 g/mol. The van der Waals surface area contributed by atoms with E-state index in [9.17, 15) is 9.59 Å². The van der Waals surface area contributed by atoms with Gasteiger partial charge >= 0.3 is 5.97 Å². The lowest BCUT2D eigenvalue weighted by molar-refractivity contribution is -0.143. The van der Waals surface area contributed by atoms with E-state index >= 15 is 0 Å². The van der Waals surface area contributed by atoms with Gasteiger partial charge in [0.05, 0.1) is 18.6 Å². The number of hydrogen-bond acceptors (Lipinski definition) is 7. The normalized spacial score (nSPS) is 10.4. The minimum atomic E-state index is -0.467. The zero-order chi connectivity index (χ0) is 17.4. The number of esters is 1. The second kappa shape index (κ2) is 8.92. The van der Waals surface area contributed by atoms with Crippen molar-refractivity contribution in [2.24, 2.45) is 0 Å². The van der Waals surface area contributed by atoms with Crippen LogP contribution in [0.1, 0.15) is 6.92 Å². The molecule has 0 saturated heterocycles. The van der Waals surface area contributed by atoms with Crippen molar-refractivity contribution in [1.29, 1.82) is 0 Å². The number of furan rings is 1. The molecule has 0 atom stereocenters. The van der Waals surface area contributed by atoms with Crippen molar-refractivity contribution in [3.8, 4) is 11.6 Å². The Morgan fingerprint density at radius 1 is 1.50 bits per heavy atom. The molecule has 2 aromatic heterocycles. The lowest BCUT2D eigenvalue weighted by Crippen LogP contribution is -2.31. The first-order valence-electron chi connectivity index (χ1n) is 7.28. The van der Waals surface area contributed by atoms with Crippen molar-refractivity contribution in [3.05, 3.63) is 31.1 Å². The zero-order valence-corrected chi connectivity index (χ0v) is 14.0. The molecule has 0 bridgehead atoms. The summed E-state index contributed by atoms with van der Waals surface area (Å²) in [5, 5.41) is 11.2. The van der Waals surface area contributed by atoms with Crippen molar-refractivity contribution < 1.29 is 18.7 Å². The van der Waals surface area contributed by atoms with Crippen molar-refractivity contribution in [3.63, 3.8) is 0 Å². The topological polar surface area (TPSA) is 99.2 Å². The maximum atomic E-state index is 11.8. The highest BCUT2D eigenvalue weighted by Gasteiger charge is 2.16. The molecule has 0 aliphatic rings. The Morgan fingerprint density at radius 3 is 3.00 bits per heavy atom. The number of allylic oxidation sites excluding steroid dienone is 1. The molecule has 128 valence electrons. The summed E-state index contributed by atoms with van der Waals surface area (Å²) >= 11 is 1.21. The molecular weight excluding hydrogens is 332 g/mol. The number of nitrogens with zero attached hydrogens (tertiary/aromatic N) is 3. The summed E-state index contributed by atoms with van der Waals surface area (Å²) in [5.74, 6) is 0.496. The van der Waals surface area contributed by atoms with Gasteiger partial charge in [-0.1, -0.05) is 17.8 Å². The van der Waals surface area contributed by atoms with Gasteiger partial charge in [0.15, 0.2) is 10.9 Å². The van der Waals surface area contributed by atoms with Crippen molar-refractivity contribution in [1.82, 2.24) is 20.1 Å². The van der Waals surface area contributed by atoms with Gasteiger partial charge in [-0.3, -0.25) is 14.2 Å². The third-order valence-corrected chi connectivity index (χ3v) is 3.80. The standard InChI is InChI=1S/C15H18N4O4S/c1-3-7-19-14(11-6-5-8-23-11)17-18-15(19)24-10-12(20)16-9-13(21)22-4-2/h3,5-6,8H,1,4,7,9-10H2,2H3,(H,16,20). The average Bonchev–Trinajstić information content (AvgIpc) is 3.21. The Balaban J connectivity index is 1.96. The van der Waals surface area contributed by atoms with Gasteiger partial charge in [0, 0.05) is 6.54 Å². The van der Waals surface area contributed by atoms with E-state index in [1.165, 1.54) is 11.8 Å². The summed E-state index contributed by atoms with van der Waals surface area (Å²) in [4.78, 5) is 23.0. The quantitative estimate of drug-likeness (QED) is 0.415. The van der Waals surface area contributed by atoms with Gasteiger partial charge in [-0.2, -0.15) is 0 Å². The lowest BCUT2D eigenvalue weighted by Gasteiger charge is -2.07. The van der Waals surface area contributed by atoms with Crippen LogP contribution < -0.4 is 5.32 Å². The van der Waals surface area contributed by atoms with E-state index in [1.54, 1.807) is 36.0 Å². The van der Waals surface area contributed by atoms with Gasteiger partial charge in [0.2, 0.25) is 11.7 Å². The number of carbonyl (C=O) groups excluding carboxylic acids is 2. The number of nitrogens with one attached hydrogen (secondary N) is 1. The molecule has 0 aliphatic heterocycles. The third-order valence-electron chi connectivity index (χ3n) is 2.84. The maximum Gasteiger partial charge on any atom is 0.325 e. The fourth-order valence-corrected chi connectivity index (χ4v) is 2.62. The molecule has 0 radical (unpaired) electrons. The number of rotatable bonds is 9.